The van der Waals surface area contributed by atoms with Gasteiger partial charge in [0.1, 0.15) is 5.56 Å². The molecule has 1 aromatic carbocycles. The summed E-state index contributed by atoms with van der Waals surface area (Å²) in [6, 6.07) is 5.65. The van der Waals surface area contributed by atoms with E-state index in [-0.39, 0.29) is 35.6 Å². The highest BCUT2D eigenvalue weighted by Crippen LogP contribution is 2.45. The van der Waals surface area contributed by atoms with Gasteiger partial charge in [0.2, 0.25) is 11.3 Å². The highest BCUT2D eigenvalue weighted by Gasteiger charge is 2.31. The fraction of sp³-hybridized carbons (Fsp3) is 0.400. The highest BCUT2D eigenvalue weighted by molar-refractivity contribution is 7.15. The average molecular weight is 482 g/mol. The fourth-order valence-electron chi connectivity index (χ4n) is 4.66. The molecule has 1 aliphatic carbocycles. The lowest BCUT2D eigenvalue weighted by Gasteiger charge is -2.29. The van der Waals surface area contributed by atoms with Crippen LogP contribution in [0.5, 0.6) is 5.75 Å². The van der Waals surface area contributed by atoms with Gasteiger partial charge in [0, 0.05) is 47.6 Å². The number of methoxy groups -OCH3 is 1. The summed E-state index contributed by atoms with van der Waals surface area (Å²) in [5.41, 5.74) is 8.64. The minimum Gasteiger partial charge on any atom is -0.494 e. The van der Waals surface area contributed by atoms with Crippen LogP contribution in [-0.4, -0.2) is 41.6 Å². The summed E-state index contributed by atoms with van der Waals surface area (Å²) in [7, 11) is 1.59. The number of aromatic nitrogens is 1. The highest BCUT2D eigenvalue weighted by atomic mass is 32.1. The van der Waals surface area contributed by atoms with Crippen LogP contribution in [0.3, 0.4) is 0 Å². The number of hydrogen-bond donors (Lipinski definition) is 1. The molecule has 2 aliphatic rings. The third kappa shape index (κ3) is 3.69. The summed E-state index contributed by atoms with van der Waals surface area (Å²) in [4.78, 5) is 41.4. The van der Waals surface area contributed by atoms with E-state index in [1.807, 2.05) is 10.6 Å². The molecule has 34 heavy (non-hydrogen) atoms. The molecule has 178 valence electrons. The molecule has 1 atom stereocenters. The van der Waals surface area contributed by atoms with Crippen molar-refractivity contribution in [2.75, 3.05) is 20.3 Å². The fourth-order valence-corrected chi connectivity index (χ4v) is 5.85. The number of carbonyl (C=O) groups excluding carboxylic acids is 2. The van der Waals surface area contributed by atoms with Crippen LogP contribution in [0.4, 0.5) is 0 Å². The van der Waals surface area contributed by atoms with Crippen molar-refractivity contribution in [3.05, 3.63) is 50.6 Å². The Hall–Kier alpha value is -3.17. The predicted molar refractivity (Wildman–Crippen MR) is 130 cm³/mol. The molecule has 3 heterocycles. The zero-order chi connectivity index (χ0) is 24.1. The van der Waals surface area contributed by atoms with E-state index in [1.165, 1.54) is 0 Å². The quantitative estimate of drug-likeness (QED) is 0.559. The lowest BCUT2D eigenvalue weighted by atomic mass is 10.0. The Labute approximate surface area is 200 Å². The number of amides is 1. The average Bonchev–Trinajstić information content (AvgIpc) is 3.56. The maximum Gasteiger partial charge on any atom is 0.343 e. The van der Waals surface area contributed by atoms with Crippen molar-refractivity contribution in [1.82, 2.24) is 9.47 Å². The van der Waals surface area contributed by atoms with Crippen molar-refractivity contribution in [3.8, 4) is 16.2 Å². The lowest BCUT2D eigenvalue weighted by Crippen LogP contribution is -2.38. The Morgan fingerprint density at radius 2 is 2.03 bits per heavy atom. The number of thiophene rings is 1. The molecule has 2 aromatic heterocycles. The Kier molecular flexibility index (Phi) is 5.69. The number of ether oxygens (including phenoxy) is 2. The third-order valence-electron chi connectivity index (χ3n) is 6.45. The number of pyridine rings is 1. The largest absolute Gasteiger partial charge is 0.494 e. The molecule has 0 bridgehead atoms. The van der Waals surface area contributed by atoms with E-state index < -0.39 is 5.97 Å². The Morgan fingerprint density at radius 3 is 2.68 bits per heavy atom. The Balaban J connectivity index is 1.69. The molecule has 3 aromatic rings. The molecule has 9 heteroatoms. The van der Waals surface area contributed by atoms with Gasteiger partial charge in [-0.15, -0.1) is 11.3 Å². The first-order valence-electron chi connectivity index (χ1n) is 11.4. The molecule has 1 amide bonds. The first-order valence-corrected chi connectivity index (χ1v) is 12.2. The molecule has 0 radical (unpaired) electrons. The first-order chi connectivity index (χ1) is 16.3. The molecule has 1 unspecified atom stereocenters. The maximum absolute atomic E-state index is 13.2. The molecule has 1 saturated carbocycles. The first kappa shape index (κ1) is 22.6. The number of fused-ring (bicyclic) bond motifs is 2. The second kappa shape index (κ2) is 8.56. The molecule has 5 rings (SSSR count). The van der Waals surface area contributed by atoms with Crippen molar-refractivity contribution < 1.29 is 19.1 Å². The van der Waals surface area contributed by atoms with E-state index in [4.69, 9.17) is 15.2 Å². The standard InChI is InChI=1S/C25H27N3O5S/c1-4-33-25(31)18-11-28(15-5-6-15)21-17(22(18)30)8-7-16(23(21)32-3)20-9-14-10-27(13(2)29)12-19(26)24(14)34-20/h7-9,11,15,19H,4-6,10,12,26H2,1-3H3. The normalized spacial score (nSPS) is 17.5. The van der Waals surface area contributed by atoms with Crippen molar-refractivity contribution in [2.24, 2.45) is 5.73 Å². The van der Waals surface area contributed by atoms with E-state index in [2.05, 4.69) is 6.07 Å². The number of esters is 1. The minimum atomic E-state index is -0.609. The van der Waals surface area contributed by atoms with Crippen LogP contribution >= 0.6 is 11.3 Å². The summed E-state index contributed by atoms with van der Waals surface area (Å²) in [6.45, 7) is 4.50. The topological polar surface area (TPSA) is 104 Å². The molecular weight excluding hydrogens is 454 g/mol. The number of rotatable bonds is 5. The van der Waals surface area contributed by atoms with Crippen LogP contribution in [0.25, 0.3) is 21.3 Å². The number of hydrogen-bond acceptors (Lipinski definition) is 7. The van der Waals surface area contributed by atoms with E-state index in [0.29, 0.717) is 29.7 Å². The van der Waals surface area contributed by atoms with E-state index >= 15 is 0 Å². The van der Waals surface area contributed by atoms with Gasteiger partial charge in [0.25, 0.3) is 0 Å². The molecular formula is C25H27N3O5S. The van der Waals surface area contributed by atoms with Gasteiger partial charge in [-0.1, -0.05) is 0 Å². The Morgan fingerprint density at radius 1 is 1.26 bits per heavy atom. The predicted octanol–water partition coefficient (Wildman–Crippen LogP) is 3.61. The summed E-state index contributed by atoms with van der Waals surface area (Å²) >= 11 is 1.59. The van der Waals surface area contributed by atoms with Gasteiger partial charge < -0.3 is 24.7 Å². The van der Waals surface area contributed by atoms with Gasteiger partial charge in [-0.25, -0.2) is 4.79 Å². The smallest absolute Gasteiger partial charge is 0.343 e. The number of benzene rings is 1. The van der Waals surface area contributed by atoms with Crippen LogP contribution in [0, 0.1) is 0 Å². The van der Waals surface area contributed by atoms with E-state index in [1.54, 1.807) is 49.5 Å². The van der Waals surface area contributed by atoms with Crippen molar-refractivity contribution in [1.29, 1.82) is 0 Å². The van der Waals surface area contributed by atoms with Gasteiger partial charge in [0.15, 0.2) is 5.75 Å². The summed E-state index contributed by atoms with van der Waals surface area (Å²) in [5.74, 6) is -0.0164. The van der Waals surface area contributed by atoms with Crippen LogP contribution < -0.4 is 15.9 Å². The van der Waals surface area contributed by atoms with Gasteiger partial charge in [0.05, 0.1) is 30.7 Å². The van der Waals surface area contributed by atoms with Crippen molar-refractivity contribution in [3.63, 3.8) is 0 Å². The van der Waals surface area contributed by atoms with Gasteiger partial charge in [-0.05, 0) is 43.5 Å². The van der Waals surface area contributed by atoms with Crippen molar-refractivity contribution >= 4 is 34.1 Å². The molecule has 8 nitrogen and oxygen atoms in total. The van der Waals surface area contributed by atoms with Gasteiger partial charge in [-0.2, -0.15) is 0 Å². The van der Waals surface area contributed by atoms with Gasteiger partial charge in [-0.3, -0.25) is 9.59 Å². The minimum absolute atomic E-state index is 0.00277. The Bertz CT molecular complexity index is 1370. The van der Waals surface area contributed by atoms with Crippen LogP contribution in [0.1, 0.15) is 59.6 Å². The number of nitrogens with zero attached hydrogens (tertiary/aromatic N) is 2. The molecule has 0 saturated heterocycles. The zero-order valence-electron chi connectivity index (χ0n) is 19.4. The lowest BCUT2D eigenvalue weighted by molar-refractivity contribution is -0.130. The van der Waals surface area contributed by atoms with Gasteiger partial charge >= 0.3 is 5.97 Å². The van der Waals surface area contributed by atoms with Crippen LogP contribution in [0.15, 0.2) is 29.2 Å². The van der Waals surface area contributed by atoms with E-state index in [9.17, 15) is 14.4 Å². The summed E-state index contributed by atoms with van der Waals surface area (Å²) in [5, 5.41) is 0.429. The number of nitrogens with two attached hydrogens (primary N) is 1. The monoisotopic (exact) mass is 481 g/mol. The van der Waals surface area contributed by atoms with Crippen LogP contribution in [-0.2, 0) is 16.1 Å². The third-order valence-corrected chi connectivity index (χ3v) is 7.80. The maximum atomic E-state index is 13.2. The summed E-state index contributed by atoms with van der Waals surface area (Å²) in [6.07, 6.45) is 3.56. The molecule has 2 N–H and O–H groups in total. The zero-order valence-corrected chi connectivity index (χ0v) is 20.2. The summed E-state index contributed by atoms with van der Waals surface area (Å²) < 4.78 is 13.0. The number of carbonyl (C=O) groups is 2. The molecule has 1 aliphatic heterocycles. The van der Waals surface area contributed by atoms with Crippen LogP contribution in [0.2, 0.25) is 0 Å². The van der Waals surface area contributed by atoms with Crippen molar-refractivity contribution in [2.45, 2.75) is 45.3 Å². The molecule has 1 fully saturated rings. The van der Waals surface area contributed by atoms with E-state index in [0.717, 1.165) is 33.7 Å². The molecule has 0 spiro atoms. The second-order valence-electron chi connectivity index (χ2n) is 8.78. The SMILES string of the molecule is CCOC(=O)c1cn(C2CC2)c2c(OC)c(-c3cc4c(s3)C(N)CN(C(C)=O)C4)ccc2c1=O. The second-order valence-corrected chi connectivity index (χ2v) is 9.86.